The molecule has 0 aromatic carbocycles. The minimum absolute atomic E-state index is 0.307. The number of hydrogen-bond acceptors (Lipinski definition) is 1. The molecule has 6 atom stereocenters. The molecule has 0 N–H and O–H groups in total. The van der Waals surface area contributed by atoms with Crippen molar-refractivity contribution in [3.8, 4) is 0 Å². The van der Waals surface area contributed by atoms with Gasteiger partial charge >= 0.3 is 0 Å². The average molecular weight is 204 g/mol. The van der Waals surface area contributed by atoms with E-state index in [9.17, 15) is 0 Å². The van der Waals surface area contributed by atoms with Crippen LogP contribution in [0.4, 0.5) is 0 Å². The zero-order valence-electron chi connectivity index (χ0n) is 9.70. The molecule has 0 radical (unpaired) electrons. The third kappa shape index (κ3) is 0.982. The molecule has 3 saturated carbocycles. The predicted molar refractivity (Wildman–Crippen MR) is 59.5 cm³/mol. The minimum Gasteiger partial charge on any atom is -0.366 e. The molecule has 6 unspecified atom stereocenters. The highest BCUT2D eigenvalue weighted by Gasteiger charge is 2.64. The summed E-state index contributed by atoms with van der Waals surface area (Å²) in [6.45, 7) is 4.56. The summed E-state index contributed by atoms with van der Waals surface area (Å²) < 4.78 is 5.88. The molecule has 15 heavy (non-hydrogen) atoms. The van der Waals surface area contributed by atoms with Gasteiger partial charge in [0, 0.05) is 0 Å². The van der Waals surface area contributed by atoms with Crippen LogP contribution in [0.3, 0.4) is 0 Å². The first-order valence-electron chi connectivity index (χ1n) is 6.54. The van der Waals surface area contributed by atoms with Gasteiger partial charge in [0.2, 0.25) is 0 Å². The monoisotopic (exact) mass is 204 g/mol. The lowest BCUT2D eigenvalue weighted by atomic mass is 9.67. The second-order valence-corrected chi connectivity index (χ2v) is 6.36. The van der Waals surface area contributed by atoms with E-state index in [1.54, 1.807) is 5.57 Å². The molecule has 4 fully saturated rings. The molecule has 3 aliphatic carbocycles. The van der Waals surface area contributed by atoms with E-state index in [4.69, 9.17) is 4.74 Å². The Bertz CT molecular complexity index is 345. The smallest absolute Gasteiger partial charge is 0.0923 e. The predicted octanol–water partition coefficient (Wildman–Crippen LogP) is 3.16. The van der Waals surface area contributed by atoms with Crippen LogP contribution in [0, 0.1) is 23.7 Å². The van der Waals surface area contributed by atoms with Gasteiger partial charge in [-0.1, -0.05) is 11.6 Å². The molecule has 4 aliphatic rings. The molecule has 0 spiro atoms. The summed E-state index contributed by atoms with van der Waals surface area (Å²) in [7, 11) is 0. The fourth-order valence-electron chi connectivity index (χ4n) is 4.91. The molecule has 82 valence electrons. The van der Waals surface area contributed by atoms with Gasteiger partial charge in [0.25, 0.3) is 0 Å². The SMILES string of the molecule is CC=C1CC2CC1C1CC3OC3(C)CC21. The van der Waals surface area contributed by atoms with Crippen LogP contribution in [-0.4, -0.2) is 11.7 Å². The maximum absolute atomic E-state index is 5.88. The van der Waals surface area contributed by atoms with E-state index in [2.05, 4.69) is 19.9 Å². The van der Waals surface area contributed by atoms with Crippen molar-refractivity contribution >= 4 is 0 Å². The van der Waals surface area contributed by atoms with Gasteiger partial charge in [0.05, 0.1) is 11.7 Å². The van der Waals surface area contributed by atoms with Gasteiger partial charge in [0.15, 0.2) is 0 Å². The van der Waals surface area contributed by atoms with E-state index in [-0.39, 0.29) is 0 Å². The van der Waals surface area contributed by atoms with Crippen molar-refractivity contribution in [2.24, 2.45) is 23.7 Å². The van der Waals surface area contributed by atoms with E-state index in [0.717, 1.165) is 23.7 Å². The van der Waals surface area contributed by atoms with Crippen molar-refractivity contribution in [3.63, 3.8) is 0 Å². The summed E-state index contributed by atoms with van der Waals surface area (Å²) in [4.78, 5) is 0. The lowest BCUT2D eigenvalue weighted by Crippen LogP contribution is -2.34. The van der Waals surface area contributed by atoms with Crippen molar-refractivity contribution in [2.45, 2.75) is 51.2 Å². The van der Waals surface area contributed by atoms with Gasteiger partial charge in [-0.2, -0.15) is 0 Å². The van der Waals surface area contributed by atoms with Crippen LogP contribution in [0.15, 0.2) is 11.6 Å². The molecular weight excluding hydrogens is 184 g/mol. The maximum Gasteiger partial charge on any atom is 0.0923 e. The Morgan fingerprint density at radius 1 is 1.33 bits per heavy atom. The fraction of sp³-hybridized carbons (Fsp3) is 0.857. The van der Waals surface area contributed by atoms with Crippen molar-refractivity contribution < 1.29 is 4.74 Å². The van der Waals surface area contributed by atoms with Gasteiger partial charge in [-0.25, -0.2) is 0 Å². The largest absolute Gasteiger partial charge is 0.366 e. The highest BCUT2D eigenvalue weighted by atomic mass is 16.6. The lowest BCUT2D eigenvalue weighted by molar-refractivity contribution is 0.178. The third-order valence-electron chi connectivity index (χ3n) is 5.74. The van der Waals surface area contributed by atoms with E-state index >= 15 is 0 Å². The van der Waals surface area contributed by atoms with Crippen molar-refractivity contribution in [3.05, 3.63) is 11.6 Å². The molecule has 1 heteroatoms. The van der Waals surface area contributed by atoms with Crippen LogP contribution in [0.1, 0.15) is 39.5 Å². The summed E-state index contributed by atoms with van der Waals surface area (Å²) in [5.41, 5.74) is 2.08. The van der Waals surface area contributed by atoms with Gasteiger partial charge in [-0.05, 0) is 63.2 Å². The Balaban J connectivity index is 1.66. The number of allylic oxidation sites excluding steroid dienone is 2. The molecule has 0 aromatic rings. The first-order chi connectivity index (χ1) is 7.21. The quantitative estimate of drug-likeness (QED) is 0.436. The van der Waals surface area contributed by atoms with E-state index < -0.39 is 0 Å². The Hall–Kier alpha value is -0.300. The van der Waals surface area contributed by atoms with Gasteiger partial charge in [-0.15, -0.1) is 0 Å². The summed E-state index contributed by atoms with van der Waals surface area (Å²) in [5, 5.41) is 0. The first kappa shape index (κ1) is 8.81. The highest BCUT2D eigenvalue weighted by molar-refractivity contribution is 5.24. The summed E-state index contributed by atoms with van der Waals surface area (Å²) in [6, 6.07) is 0. The van der Waals surface area contributed by atoms with Crippen LogP contribution in [0.2, 0.25) is 0 Å². The van der Waals surface area contributed by atoms with Gasteiger partial charge < -0.3 is 4.74 Å². The summed E-state index contributed by atoms with van der Waals surface area (Å²) in [5.74, 6) is 3.94. The van der Waals surface area contributed by atoms with Crippen molar-refractivity contribution in [1.29, 1.82) is 0 Å². The second-order valence-electron chi connectivity index (χ2n) is 6.36. The molecule has 1 heterocycles. The molecule has 0 aromatic heterocycles. The number of fused-ring (bicyclic) bond motifs is 6. The van der Waals surface area contributed by atoms with E-state index in [0.29, 0.717) is 11.7 Å². The average Bonchev–Trinajstić information content (AvgIpc) is 2.58. The lowest BCUT2D eigenvalue weighted by Gasteiger charge is -2.36. The zero-order chi connectivity index (χ0) is 10.2. The van der Waals surface area contributed by atoms with E-state index in [1.165, 1.54) is 25.7 Å². The van der Waals surface area contributed by atoms with Crippen LogP contribution >= 0.6 is 0 Å². The van der Waals surface area contributed by atoms with E-state index in [1.807, 2.05) is 0 Å². The molecule has 1 nitrogen and oxygen atoms in total. The third-order valence-corrected chi connectivity index (χ3v) is 5.74. The van der Waals surface area contributed by atoms with Gasteiger partial charge in [-0.3, -0.25) is 0 Å². The minimum atomic E-state index is 0.307. The molecule has 1 saturated heterocycles. The fourth-order valence-corrected chi connectivity index (χ4v) is 4.91. The zero-order valence-corrected chi connectivity index (χ0v) is 9.70. The normalized spacial score (nSPS) is 63.1. The summed E-state index contributed by atoms with van der Waals surface area (Å²) in [6.07, 6.45) is 8.64. The number of hydrogen-bond donors (Lipinski definition) is 0. The second kappa shape index (κ2) is 2.51. The van der Waals surface area contributed by atoms with Crippen molar-refractivity contribution in [1.82, 2.24) is 0 Å². The topological polar surface area (TPSA) is 12.5 Å². The molecular formula is C14H20O. The Kier molecular flexibility index (Phi) is 1.47. The van der Waals surface area contributed by atoms with Crippen LogP contribution in [0.25, 0.3) is 0 Å². The van der Waals surface area contributed by atoms with Gasteiger partial charge in [0.1, 0.15) is 0 Å². The maximum atomic E-state index is 5.88. The summed E-state index contributed by atoms with van der Waals surface area (Å²) >= 11 is 0. The Morgan fingerprint density at radius 3 is 3.00 bits per heavy atom. The number of ether oxygens (including phenoxy) is 1. The Labute approximate surface area is 91.9 Å². The Morgan fingerprint density at radius 2 is 2.20 bits per heavy atom. The highest BCUT2D eigenvalue weighted by Crippen LogP contribution is 2.65. The first-order valence-corrected chi connectivity index (χ1v) is 6.54. The van der Waals surface area contributed by atoms with Crippen molar-refractivity contribution in [2.75, 3.05) is 0 Å². The standard InChI is InChI=1S/C14H20O/c1-3-8-4-9-5-10(8)11-6-13-14(2,15-13)7-12(9)11/h3,9-13H,4-7H2,1-2H3. The number of rotatable bonds is 0. The molecule has 4 rings (SSSR count). The van der Waals surface area contributed by atoms with Crippen LogP contribution in [-0.2, 0) is 4.74 Å². The molecule has 2 bridgehead atoms. The van der Waals surface area contributed by atoms with Crippen LogP contribution in [0.5, 0.6) is 0 Å². The van der Waals surface area contributed by atoms with Crippen LogP contribution < -0.4 is 0 Å². The number of epoxide rings is 1. The molecule has 1 aliphatic heterocycles. The molecule has 0 amide bonds.